The van der Waals surface area contributed by atoms with E-state index in [0.29, 0.717) is 39.2 Å². The molecular formula is C17H25N3O4S. The van der Waals surface area contributed by atoms with E-state index in [9.17, 15) is 13.2 Å². The molecule has 138 valence electrons. The molecule has 7 nitrogen and oxygen atoms in total. The van der Waals surface area contributed by atoms with Crippen LogP contribution in [-0.2, 0) is 26.3 Å². The molecule has 0 radical (unpaired) electrons. The molecule has 1 unspecified atom stereocenters. The smallest absolute Gasteiger partial charge is 0.279 e. The van der Waals surface area contributed by atoms with Crippen LogP contribution in [0.25, 0.3) is 0 Å². The van der Waals surface area contributed by atoms with Crippen LogP contribution >= 0.6 is 0 Å². The number of carbonyl (C=O) groups is 1. The highest BCUT2D eigenvalue weighted by molar-refractivity contribution is 7.87. The Balaban J connectivity index is 1.55. The first kappa shape index (κ1) is 18.3. The summed E-state index contributed by atoms with van der Waals surface area (Å²) in [6, 6.07) is 9.42. The van der Waals surface area contributed by atoms with Gasteiger partial charge in [0, 0.05) is 39.3 Å². The summed E-state index contributed by atoms with van der Waals surface area (Å²) >= 11 is 0. The lowest BCUT2D eigenvalue weighted by Crippen LogP contribution is -2.44. The van der Waals surface area contributed by atoms with Crippen LogP contribution in [0.3, 0.4) is 0 Å². The maximum atomic E-state index is 12.5. The molecule has 2 heterocycles. The maximum Gasteiger partial charge on any atom is 0.279 e. The Bertz CT molecular complexity index is 674. The highest BCUT2D eigenvalue weighted by atomic mass is 32.2. The first-order valence-corrected chi connectivity index (χ1v) is 10.2. The second-order valence-corrected chi connectivity index (χ2v) is 8.15. The second-order valence-electron chi connectivity index (χ2n) is 6.39. The summed E-state index contributed by atoms with van der Waals surface area (Å²) in [5.74, 6) is -0.00556. The Hall–Kier alpha value is -1.48. The lowest BCUT2D eigenvalue weighted by atomic mass is 10.2. The van der Waals surface area contributed by atoms with E-state index < -0.39 is 10.2 Å². The number of amides is 1. The zero-order chi connectivity index (χ0) is 17.7. The van der Waals surface area contributed by atoms with Crippen molar-refractivity contribution in [1.29, 1.82) is 0 Å². The molecule has 1 aromatic rings. The van der Waals surface area contributed by atoms with E-state index in [4.69, 9.17) is 4.74 Å². The molecule has 2 aliphatic heterocycles. The zero-order valence-corrected chi connectivity index (χ0v) is 15.1. The lowest BCUT2D eigenvalue weighted by Gasteiger charge is -2.24. The van der Waals surface area contributed by atoms with Crippen LogP contribution in [0.5, 0.6) is 0 Å². The van der Waals surface area contributed by atoms with Crippen molar-refractivity contribution >= 4 is 16.1 Å². The molecule has 8 heteroatoms. The van der Waals surface area contributed by atoms with Gasteiger partial charge in [-0.1, -0.05) is 30.3 Å². The summed E-state index contributed by atoms with van der Waals surface area (Å²) in [4.78, 5) is 14.2. The quantitative estimate of drug-likeness (QED) is 0.832. The van der Waals surface area contributed by atoms with Gasteiger partial charge in [-0.05, 0) is 24.8 Å². The lowest BCUT2D eigenvalue weighted by molar-refractivity contribution is -0.140. The highest BCUT2D eigenvalue weighted by Gasteiger charge is 2.31. The summed E-state index contributed by atoms with van der Waals surface area (Å²) in [5.41, 5.74) is 0.913. The van der Waals surface area contributed by atoms with Gasteiger partial charge < -0.3 is 9.64 Å². The van der Waals surface area contributed by atoms with Gasteiger partial charge in [-0.3, -0.25) is 4.79 Å². The van der Waals surface area contributed by atoms with Gasteiger partial charge in [0.1, 0.15) is 6.10 Å². The van der Waals surface area contributed by atoms with Gasteiger partial charge >= 0.3 is 0 Å². The minimum Gasteiger partial charge on any atom is -0.368 e. The first-order chi connectivity index (χ1) is 12.1. The Morgan fingerprint density at radius 2 is 1.92 bits per heavy atom. The van der Waals surface area contributed by atoms with E-state index in [1.165, 1.54) is 4.31 Å². The largest absolute Gasteiger partial charge is 0.368 e. The number of hydrogen-bond donors (Lipinski definition) is 1. The summed E-state index contributed by atoms with van der Waals surface area (Å²) in [6.07, 6.45) is 1.95. The SMILES string of the molecule is O=C(C1CCCO1)N1CCCN(S(=O)(=O)NCc2ccccc2)CC1. The van der Waals surface area contributed by atoms with Gasteiger partial charge in [0.25, 0.3) is 16.1 Å². The van der Waals surface area contributed by atoms with E-state index >= 15 is 0 Å². The van der Waals surface area contributed by atoms with Gasteiger partial charge in [0.15, 0.2) is 0 Å². The molecule has 0 aliphatic carbocycles. The van der Waals surface area contributed by atoms with Crippen LogP contribution in [0.2, 0.25) is 0 Å². The van der Waals surface area contributed by atoms with E-state index in [0.717, 1.165) is 18.4 Å². The van der Waals surface area contributed by atoms with Crippen molar-refractivity contribution in [3.63, 3.8) is 0 Å². The summed E-state index contributed by atoms with van der Waals surface area (Å²) < 4.78 is 34.6. The van der Waals surface area contributed by atoms with Crippen molar-refractivity contribution in [3.8, 4) is 0 Å². The van der Waals surface area contributed by atoms with Gasteiger partial charge in [-0.15, -0.1) is 0 Å². The van der Waals surface area contributed by atoms with Crippen LogP contribution in [-0.4, -0.2) is 62.4 Å². The molecule has 2 fully saturated rings. The molecule has 25 heavy (non-hydrogen) atoms. The van der Waals surface area contributed by atoms with Gasteiger partial charge in [0.05, 0.1) is 0 Å². The van der Waals surface area contributed by atoms with Crippen LogP contribution in [0, 0.1) is 0 Å². The minimum atomic E-state index is -3.56. The molecule has 2 saturated heterocycles. The first-order valence-electron chi connectivity index (χ1n) is 8.75. The predicted molar refractivity (Wildman–Crippen MR) is 93.9 cm³/mol. The molecule has 0 aromatic heterocycles. The van der Waals surface area contributed by atoms with E-state index in [1.807, 2.05) is 30.3 Å². The number of nitrogens with zero attached hydrogens (tertiary/aromatic N) is 2. The van der Waals surface area contributed by atoms with E-state index in [-0.39, 0.29) is 18.6 Å². The fourth-order valence-electron chi connectivity index (χ4n) is 3.19. The Labute approximate surface area is 149 Å². The van der Waals surface area contributed by atoms with Crippen LogP contribution in [0.1, 0.15) is 24.8 Å². The Kier molecular flexibility index (Phi) is 6.06. The van der Waals surface area contributed by atoms with E-state index in [1.54, 1.807) is 4.90 Å². The number of nitrogens with one attached hydrogen (secondary N) is 1. The maximum absolute atomic E-state index is 12.5. The fraction of sp³-hybridized carbons (Fsp3) is 0.588. The highest BCUT2D eigenvalue weighted by Crippen LogP contribution is 2.16. The van der Waals surface area contributed by atoms with Crippen LogP contribution < -0.4 is 4.72 Å². The van der Waals surface area contributed by atoms with Crippen LogP contribution in [0.4, 0.5) is 0 Å². The fourth-order valence-corrected chi connectivity index (χ4v) is 4.42. The number of rotatable bonds is 5. The molecule has 1 aromatic carbocycles. The molecule has 1 atom stereocenters. The minimum absolute atomic E-state index is 0.00556. The summed E-state index contributed by atoms with van der Waals surface area (Å²) in [7, 11) is -3.56. The number of ether oxygens (including phenoxy) is 1. The topological polar surface area (TPSA) is 79.0 Å². The predicted octanol–water partition coefficient (Wildman–Crippen LogP) is 0.734. The third-order valence-electron chi connectivity index (χ3n) is 4.61. The average Bonchev–Trinajstić information content (AvgIpc) is 3.04. The zero-order valence-electron chi connectivity index (χ0n) is 14.3. The molecule has 1 amide bonds. The molecule has 0 bridgehead atoms. The van der Waals surface area contributed by atoms with Crippen molar-refractivity contribution in [2.24, 2.45) is 0 Å². The van der Waals surface area contributed by atoms with Crippen LogP contribution in [0.15, 0.2) is 30.3 Å². The molecule has 0 saturated carbocycles. The third-order valence-corrected chi connectivity index (χ3v) is 6.17. The van der Waals surface area contributed by atoms with Crippen molar-refractivity contribution in [1.82, 2.24) is 13.9 Å². The normalized spacial score (nSPS) is 22.7. The van der Waals surface area contributed by atoms with Gasteiger partial charge in [-0.25, -0.2) is 0 Å². The average molecular weight is 367 g/mol. The number of benzene rings is 1. The molecule has 3 rings (SSSR count). The molecular weight excluding hydrogens is 342 g/mol. The van der Waals surface area contributed by atoms with Gasteiger partial charge in [0.2, 0.25) is 0 Å². The monoisotopic (exact) mass is 367 g/mol. The Morgan fingerprint density at radius 1 is 1.12 bits per heavy atom. The van der Waals surface area contributed by atoms with Crippen molar-refractivity contribution in [2.75, 3.05) is 32.8 Å². The second kappa shape index (κ2) is 8.27. The number of hydrogen-bond acceptors (Lipinski definition) is 4. The number of carbonyl (C=O) groups excluding carboxylic acids is 1. The van der Waals surface area contributed by atoms with Gasteiger partial charge in [-0.2, -0.15) is 17.4 Å². The summed E-state index contributed by atoms with van der Waals surface area (Å²) in [5, 5.41) is 0. The van der Waals surface area contributed by atoms with Crippen molar-refractivity contribution in [3.05, 3.63) is 35.9 Å². The van der Waals surface area contributed by atoms with Crippen molar-refractivity contribution in [2.45, 2.75) is 31.9 Å². The molecule has 0 spiro atoms. The van der Waals surface area contributed by atoms with Crippen molar-refractivity contribution < 1.29 is 17.9 Å². The molecule has 1 N–H and O–H groups in total. The summed E-state index contributed by atoms with van der Waals surface area (Å²) in [6.45, 7) is 2.60. The third kappa shape index (κ3) is 4.78. The van der Waals surface area contributed by atoms with E-state index in [2.05, 4.69) is 4.72 Å². The Morgan fingerprint density at radius 3 is 2.64 bits per heavy atom. The molecule has 2 aliphatic rings. The standard InChI is InChI=1S/C17H25N3O4S/c21-17(16-8-4-13-24-16)19-9-5-10-20(12-11-19)25(22,23)18-14-15-6-2-1-3-7-15/h1-3,6-7,16,18H,4-5,8-14H2.